The maximum atomic E-state index is 5.19. The lowest BCUT2D eigenvalue weighted by atomic mass is 10.1. The van der Waals surface area contributed by atoms with Crippen molar-refractivity contribution in [3.05, 3.63) is 42.7 Å². The number of hydrogen-bond acceptors (Lipinski definition) is 3. The van der Waals surface area contributed by atoms with Crippen molar-refractivity contribution in [1.29, 1.82) is 0 Å². The first kappa shape index (κ1) is 12.0. The van der Waals surface area contributed by atoms with Crippen LogP contribution in [0.1, 0.15) is 0 Å². The predicted octanol–water partition coefficient (Wildman–Crippen LogP) is 3.13. The van der Waals surface area contributed by atoms with Crippen molar-refractivity contribution in [2.24, 2.45) is 7.05 Å². The van der Waals surface area contributed by atoms with Gasteiger partial charge in [-0.2, -0.15) is 0 Å². The van der Waals surface area contributed by atoms with Crippen LogP contribution in [0.3, 0.4) is 0 Å². The lowest BCUT2D eigenvalue weighted by Crippen LogP contribution is -1.89. The van der Waals surface area contributed by atoms with Gasteiger partial charge in [0.25, 0.3) is 0 Å². The number of nitrogens with zero attached hydrogens (tertiary/aromatic N) is 3. The number of benzene rings is 1. The molecule has 0 radical (unpaired) electrons. The number of methoxy groups -OCH3 is 1. The first-order valence-corrected chi connectivity index (χ1v) is 6.70. The molecule has 1 aromatic carbocycles. The third-order valence-electron chi connectivity index (χ3n) is 3.74. The summed E-state index contributed by atoms with van der Waals surface area (Å²) in [5.41, 5.74) is 3.87. The number of aromatic nitrogens is 4. The molecule has 0 aliphatic heterocycles. The van der Waals surface area contributed by atoms with E-state index in [4.69, 9.17) is 4.74 Å². The maximum Gasteiger partial charge on any atom is 0.162 e. The molecule has 0 unspecified atom stereocenters. The van der Waals surface area contributed by atoms with Crippen molar-refractivity contribution >= 4 is 21.9 Å². The fourth-order valence-corrected chi connectivity index (χ4v) is 2.65. The third kappa shape index (κ3) is 1.78. The zero-order valence-electron chi connectivity index (χ0n) is 11.8. The van der Waals surface area contributed by atoms with E-state index in [-0.39, 0.29) is 0 Å². The summed E-state index contributed by atoms with van der Waals surface area (Å²) in [5, 5.41) is 5.30. The molecule has 0 saturated carbocycles. The second-order valence-electron chi connectivity index (χ2n) is 5.00. The van der Waals surface area contributed by atoms with Crippen molar-refractivity contribution in [2.45, 2.75) is 0 Å². The highest BCUT2D eigenvalue weighted by atomic mass is 16.5. The van der Waals surface area contributed by atoms with Gasteiger partial charge in [-0.05, 0) is 30.3 Å². The molecule has 1 N–H and O–H groups in total. The number of H-pyrrole nitrogens is 1. The van der Waals surface area contributed by atoms with Crippen molar-refractivity contribution in [2.75, 3.05) is 7.11 Å². The Labute approximate surface area is 121 Å². The van der Waals surface area contributed by atoms with Gasteiger partial charge in [0, 0.05) is 35.8 Å². The maximum absolute atomic E-state index is 5.19. The summed E-state index contributed by atoms with van der Waals surface area (Å²) < 4.78 is 7.17. The van der Waals surface area contributed by atoms with E-state index < -0.39 is 0 Å². The molecule has 5 heteroatoms. The number of hydrogen-bond donors (Lipinski definition) is 1. The van der Waals surface area contributed by atoms with Gasteiger partial charge in [0.15, 0.2) is 5.65 Å². The highest BCUT2D eigenvalue weighted by molar-refractivity contribution is 6.04. The minimum absolute atomic E-state index is 0.767. The number of aryl methyl sites for hydroxylation is 1. The third-order valence-corrected chi connectivity index (χ3v) is 3.74. The Balaban J connectivity index is 1.93. The van der Waals surface area contributed by atoms with E-state index >= 15 is 0 Å². The van der Waals surface area contributed by atoms with Crippen LogP contribution < -0.4 is 4.74 Å². The molecule has 3 heterocycles. The minimum atomic E-state index is 0.767. The minimum Gasteiger partial charge on any atom is -0.497 e. The fourth-order valence-electron chi connectivity index (χ4n) is 2.65. The van der Waals surface area contributed by atoms with Crippen molar-refractivity contribution in [3.63, 3.8) is 0 Å². The van der Waals surface area contributed by atoms with Crippen LogP contribution >= 0.6 is 0 Å². The van der Waals surface area contributed by atoms with Gasteiger partial charge in [-0.25, -0.2) is 9.97 Å². The molecule has 104 valence electrons. The highest BCUT2D eigenvalue weighted by Gasteiger charge is 2.11. The van der Waals surface area contributed by atoms with Crippen molar-refractivity contribution < 1.29 is 4.74 Å². The molecule has 0 aliphatic carbocycles. The van der Waals surface area contributed by atoms with E-state index in [0.29, 0.717) is 0 Å². The first-order chi connectivity index (χ1) is 10.3. The van der Waals surface area contributed by atoms with Crippen LogP contribution in [0, 0.1) is 0 Å². The van der Waals surface area contributed by atoms with Gasteiger partial charge in [0.2, 0.25) is 0 Å². The van der Waals surface area contributed by atoms with Crippen LogP contribution in [-0.4, -0.2) is 26.9 Å². The van der Waals surface area contributed by atoms with E-state index in [2.05, 4.69) is 21.1 Å². The molecule has 0 spiro atoms. The van der Waals surface area contributed by atoms with Gasteiger partial charge < -0.3 is 9.84 Å². The Hall–Kier alpha value is -2.82. The molecule has 5 nitrogen and oxygen atoms in total. The topological polar surface area (TPSA) is 55.7 Å². The lowest BCUT2D eigenvalue weighted by Gasteiger charge is -2.00. The summed E-state index contributed by atoms with van der Waals surface area (Å²) in [6, 6.07) is 9.98. The largest absolute Gasteiger partial charge is 0.497 e. The number of ether oxygens (including phenoxy) is 1. The number of aromatic amines is 1. The Morgan fingerprint density at radius 3 is 2.76 bits per heavy atom. The van der Waals surface area contributed by atoms with Crippen LogP contribution in [0.15, 0.2) is 42.7 Å². The molecule has 21 heavy (non-hydrogen) atoms. The molecular formula is C16H14N4O. The molecule has 4 aromatic rings. The number of rotatable bonds is 2. The van der Waals surface area contributed by atoms with E-state index in [0.717, 1.165) is 38.9 Å². The standard InChI is InChI=1S/C16H14N4O/c1-20-15-11(9-18-20)8-17-16-13(15)7-14(19-16)10-3-5-12(21-2)6-4-10/h3-9,18H,1-2H3. The smallest absolute Gasteiger partial charge is 0.162 e. The van der Waals surface area contributed by atoms with E-state index in [9.17, 15) is 0 Å². The Morgan fingerprint density at radius 2 is 2.00 bits per heavy atom. The molecule has 0 atom stereocenters. The van der Waals surface area contributed by atoms with E-state index in [1.807, 2.05) is 48.4 Å². The summed E-state index contributed by atoms with van der Waals surface area (Å²) >= 11 is 0. The average Bonchev–Trinajstić information content (AvgIpc) is 3.11. The second-order valence-corrected chi connectivity index (χ2v) is 5.00. The normalized spacial score (nSPS) is 11.3. The van der Waals surface area contributed by atoms with Crippen LogP contribution in [0.4, 0.5) is 0 Å². The predicted molar refractivity (Wildman–Crippen MR) is 82.4 cm³/mol. The highest BCUT2D eigenvalue weighted by Crippen LogP contribution is 2.29. The van der Waals surface area contributed by atoms with Crippen molar-refractivity contribution in [1.82, 2.24) is 19.7 Å². The van der Waals surface area contributed by atoms with Gasteiger partial charge in [-0.1, -0.05) is 0 Å². The molecule has 4 rings (SSSR count). The van der Waals surface area contributed by atoms with Gasteiger partial charge in [-0.3, -0.25) is 4.68 Å². The van der Waals surface area contributed by atoms with E-state index in [1.54, 1.807) is 7.11 Å². The van der Waals surface area contributed by atoms with Crippen molar-refractivity contribution in [3.8, 4) is 17.0 Å². The van der Waals surface area contributed by atoms with Gasteiger partial charge in [0.1, 0.15) is 5.75 Å². The van der Waals surface area contributed by atoms with Gasteiger partial charge in [0.05, 0.1) is 18.3 Å². The van der Waals surface area contributed by atoms with Gasteiger partial charge >= 0.3 is 0 Å². The number of nitrogens with one attached hydrogen (secondary N) is 1. The molecule has 0 aliphatic rings. The molecule has 0 fully saturated rings. The summed E-state index contributed by atoms with van der Waals surface area (Å²) in [4.78, 5) is 9.06. The fraction of sp³-hybridized carbons (Fsp3) is 0.125. The number of fused-ring (bicyclic) bond motifs is 3. The Morgan fingerprint density at radius 1 is 1.19 bits per heavy atom. The van der Waals surface area contributed by atoms with Gasteiger partial charge in [-0.15, -0.1) is 0 Å². The summed E-state index contributed by atoms with van der Waals surface area (Å²) in [7, 11) is 3.65. The summed E-state index contributed by atoms with van der Waals surface area (Å²) in [5.74, 6) is 0.840. The van der Waals surface area contributed by atoms with E-state index in [1.165, 1.54) is 0 Å². The van der Waals surface area contributed by atoms with Crippen LogP contribution in [-0.2, 0) is 7.05 Å². The van der Waals surface area contributed by atoms with Crippen LogP contribution in [0.5, 0.6) is 5.75 Å². The summed E-state index contributed by atoms with van der Waals surface area (Å²) in [6.07, 6.45) is 3.79. The second kappa shape index (κ2) is 4.34. The molecule has 3 aromatic heterocycles. The monoisotopic (exact) mass is 278 g/mol. The molecule has 0 amide bonds. The SMILES string of the molecule is COc1ccc(-c2cc3c(ncc4c[nH]n(C)c43)n2)cc1. The quantitative estimate of drug-likeness (QED) is 0.613. The lowest BCUT2D eigenvalue weighted by molar-refractivity contribution is 0.415. The van der Waals surface area contributed by atoms with Crippen LogP contribution in [0.2, 0.25) is 0 Å². The first-order valence-electron chi connectivity index (χ1n) is 6.70. The van der Waals surface area contributed by atoms with Crippen LogP contribution in [0.25, 0.3) is 33.2 Å². The summed E-state index contributed by atoms with van der Waals surface area (Å²) in [6.45, 7) is 0. The Bertz CT molecular complexity index is 934. The zero-order valence-corrected chi connectivity index (χ0v) is 11.8. The molecule has 0 saturated heterocycles. The Kier molecular flexibility index (Phi) is 2.47. The zero-order chi connectivity index (χ0) is 14.4. The molecular weight excluding hydrogens is 264 g/mol. The number of pyridine rings is 1. The average molecular weight is 278 g/mol. The molecule has 0 bridgehead atoms.